The third-order valence-corrected chi connectivity index (χ3v) is 5.09. The summed E-state index contributed by atoms with van der Waals surface area (Å²) in [5, 5.41) is 13.8. The zero-order valence-corrected chi connectivity index (χ0v) is 16.0. The summed E-state index contributed by atoms with van der Waals surface area (Å²) in [5.41, 5.74) is 1.68. The zero-order valence-electron chi connectivity index (χ0n) is 14.4. The molecule has 0 saturated carbocycles. The Bertz CT molecular complexity index is 974. The van der Waals surface area contributed by atoms with Gasteiger partial charge in [-0.25, -0.2) is 14.1 Å². The number of rotatable bonds is 6. The van der Waals surface area contributed by atoms with Crippen LogP contribution in [0.4, 0.5) is 8.78 Å². The van der Waals surface area contributed by atoms with Crippen molar-refractivity contribution in [2.24, 2.45) is 5.92 Å². The molecule has 3 aromatic rings. The summed E-state index contributed by atoms with van der Waals surface area (Å²) in [5.74, 6) is -2.66. The van der Waals surface area contributed by atoms with E-state index in [0.717, 1.165) is 0 Å². The first-order valence-electron chi connectivity index (χ1n) is 8.29. The van der Waals surface area contributed by atoms with E-state index in [1.165, 1.54) is 29.1 Å². The molecule has 0 aliphatic carbocycles. The van der Waals surface area contributed by atoms with Gasteiger partial charge in [0.2, 0.25) is 5.95 Å². The molecule has 0 aliphatic heterocycles. The quantitative estimate of drug-likeness (QED) is 0.573. The second-order valence-electron chi connectivity index (χ2n) is 5.99. The average molecular weight is 436 g/mol. The maximum Gasteiger partial charge on any atom is 0.306 e. The molecule has 1 N–H and O–H groups in total. The van der Waals surface area contributed by atoms with Crippen LogP contribution < -0.4 is 0 Å². The molecule has 8 heteroatoms. The first-order valence-corrected chi connectivity index (χ1v) is 9.08. The van der Waals surface area contributed by atoms with E-state index in [1.807, 2.05) is 0 Å². The standard InChI is InChI=1S/C19H16BrF2N3O2/c1-2-11(19(26)27)9-14-17(20)18(12-7-8-16(22)23-10-12)25(24-14)15-6-4-3-5-13(15)21/h3-8,10-11H,2,9H2,1H3,(H,26,27). The first-order chi connectivity index (χ1) is 12.9. The monoisotopic (exact) mass is 435 g/mol. The highest BCUT2D eigenvalue weighted by Crippen LogP contribution is 2.35. The molecule has 27 heavy (non-hydrogen) atoms. The molecule has 0 bridgehead atoms. The molecule has 2 aromatic heterocycles. The van der Waals surface area contributed by atoms with Crippen LogP contribution in [-0.4, -0.2) is 25.8 Å². The maximum absolute atomic E-state index is 14.4. The van der Waals surface area contributed by atoms with Crippen LogP contribution in [0.3, 0.4) is 0 Å². The molecule has 0 spiro atoms. The number of hydrogen-bond donors (Lipinski definition) is 1. The topological polar surface area (TPSA) is 68.0 Å². The lowest BCUT2D eigenvalue weighted by Crippen LogP contribution is -2.16. The molecule has 0 radical (unpaired) electrons. The van der Waals surface area contributed by atoms with E-state index in [4.69, 9.17) is 0 Å². The number of pyridine rings is 1. The molecule has 0 fully saturated rings. The van der Waals surface area contributed by atoms with Gasteiger partial charge in [-0.1, -0.05) is 19.1 Å². The van der Waals surface area contributed by atoms with E-state index in [9.17, 15) is 18.7 Å². The van der Waals surface area contributed by atoms with Crippen molar-refractivity contribution in [2.45, 2.75) is 19.8 Å². The minimum atomic E-state index is -0.921. The van der Waals surface area contributed by atoms with Gasteiger partial charge in [0, 0.05) is 18.2 Å². The summed E-state index contributed by atoms with van der Waals surface area (Å²) in [6, 6.07) is 8.82. The zero-order chi connectivity index (χ0) is 19.6. The summed E-state index contributed by atoms with van der Waals surface area (Å²) in [6.45, 7) is 1.78. The number of nitrogens with zero attached hydrogens (tertiary/aromatic N) is 3. The molecular weight excluding hydrogens is 420 g/mol. The Hall–Kier alpha value is -2.61. The largest absolute Gasteiger partial charge is 0.481 e. The van der Waals surface area contributed by atoms with Gasteiger partial charge in [0.1, 0.15) is 11.5 Å². The fourth-order valence-corrected chi connectivity index (χ4v) is 3.42. The lowest BCUT2D eigenvalue weighted by Gasteiger charge is -2.09. The molecule has 1 atom stereocenters. The molecule has 0 aliphatic rings. The summed E-state index contributed by atoms with van der Waals surface area (Å²) in [4.78, 5) is 15.1. The van der Waals surface area contributed by atoms with Crippen LogP contribution in [0, 0.1) is 17.7 Å². The SMILES string of the molecule is CCC(Cc1nn(-c2ccccc2F)c(-c2ccc(F)nc2)c1Br)C(=O)O. The average Bonchev–Trinajstić information content (AvgIpc) is 2.96. The number of aliphatic carboxylic acids is 1. The van der Waals surface area contributed by atoms with Crippen molar-refractivity contribution in [3.63, 3.8) is 0 Å². The van der Waals surface area contributed by atoms with E-state index in [0.29, 0.717) is 27.8 Å². The lowest BCUT2D eigenvalue weighted by molar-refractivity contribution is -0.141. The Morgan fingerprint density at radius 2 is 2.00 bits per heavy atom. The predicted octanol–water partition coefficient (Wildman–Crippen LogP) is 4.63. The molecule has 0 amide bonds. The van der Waals surface area contributed by atoms with Crippen LogP contribution in [0.5, 0.6) is 0 Å². The Morgan fingerprint density at radius 1 is 1.26 bits per heavy atom. The van der Waals surface area contributed by atoms with Gasteiger partial charge in [0.05, 0.1) is 21.8 Å². The summed E-state index contributed by atoms with van der Waals surface area (Å²) >= 11 is 3.47. The van der Waals surface area contributed by atoms with Crippen LogP contribution >= 0.6 is 15.9 Å². The third kappa shape index (κ3) is 3.90. The highest BCUT2D eigenvalue weighted by atomic mass is 79.9. The number of benzene rings is 1. The molecule has 1 unspecified atom stereocenters. The number of carboxylic acids is 1. The Morgan fingerprint density at radius 3 is 2.59 bits per heavy atom. The van der Waals surface area contributed by atoms with Gasteiger partial charge < -0.3 is 5.11 Å². The highest BCUT2D eigenvalue weighted by molar-refractivity contribution is 9.10. The Kier molecular flexibility index (Phi) is 5.65. The number of carbonyl (C=O) groups is 1. The van der Waals surface area contributed by atoms with Gasteiger partial charge in [-0.2, -0.15) is 9.49 Å². The molecule has 1 aromatic carbocycles. The molecule has 140 valence electrons. The number of aromatic nitrogens is 3. The van der Waals surface area contributed by atoms with Gasteiger partial charge in [0.15, 0.2) is 0 Å². The molecule has 3 rings (SSSR count). The minimum Gasteiger partial charge on any atom is -0.481 e. The van der Waals surface area contributed by atoms with Crippen molar-refractivity contribution in [2.75, 3.05) is 0 Å². The van der Waals surface area contributed by atoms with Crippen LogP contribution in [0.2, 0.25) is 0 Å². The molecule has 2 heterocycles. The van der Waals surface area contributed by atoms with E-state index >= 15 is 0 Å². The number of para-hydroxylation sites is 1. The van der Waals surface area contributed by atoms with E-state index in [2.05, 4.69) is 26.0 Å². The van der Waals surface area contributed by atoms with E-state index in [1.54, 1.807) is 25.1 Å². The van der Waals surface area contributed by atoms with Gasteiger partial charge >= 0.3 is 5.97 Å². The fourth-order valence-electron chi connectivity index (χ4n) is 2.78. The van der Waals surface area contributed by atoms with Crippen LogP contribution in [-0.2, 0) is 11.2 Å². The summed E-state index contributed by atoms with van der Waals surface area (Å²) < 4.78 is 29.5. The predicted molar refractivity (Wildman–Crippen MR) is 99.5 cm³/mol. The minimum absolute atomic E-state index is 0.176. The molecular formula is C19H16BrF2N3O2. The second-order valence-corrected chi connectivity index (χ2v) is 6.78. The Balaban J connectivity index is 2.19. The second kappa shape index (κ2) is 7.96. The number of hydrogen-bond acceptors (Lipinski definition) is 3. The normalized spacial score (nSPS) is 12.1. The lowest BCUT2D eigenvalue weighted by atomic mass is 10.0. The summed E-state index contributed by atoms with van der Waals surface area (Å²) in [7, 11) is 0. The van der Waals surface area contributed by atoms with Crippen molar-refractivity contribution in [3.8, 4) is 16.9 Å². The van der Waals surface area contributed by atoms with Crippen LogP contribution in [0.25, 0.3) is 16.9 Å². The van der Waals surface area contributed by atoms with Gasteiger partial charge in [0.25, 0.3) is 0 Å². The van der Waals surface area contributed by atoms with Crippen molar-refractivity contribution in [1.29, 1.82) is 0 Å². The van der Waals surface area contributed by atoms with Crippen molar-refractivity contribution in [1.82, 2.24) is 14.8 Å². The van der Waals surface area contributed by atoms with Gasteiger partial charge in [-0.15, -0.1) is 0 Å². The van der Waals surface area contributed by atoms with E-state index in [-0.39, 0.29) is 12.1 Å². The van der Waals surface area contributed by atoms with E-state index < -0.39 is 23.7 Å². The van der Waals surface area contributed by atoms with Gasteiger partial charge in [-0.05, 0) is 46.6 Å². The number of carboxylic acid groups (broad SMARTS) is 1. The molecule has 5 nitrogen and oxygen atoms in total. The number of halogens is 3. The van der Waals surface area contributed by atoms with Crippen molar-refractivity contribution < 1.29 is 18.7 Å². The smallest absolute Gasteiger partial charge is 0.306 e. The fraction of sp³-hybridized carbons (Fsp3) is 0.211. The molecule has 0 saturated heterocycles. The van der Waals surface area contributed by atoms with Gasteiger partial charge in [-0.3, -0.25) is 4.79 Å². The Labute approximate surface area is 162 Å². The maximum atomic E-state index is 14.4. The first kappa shape index (κ1) is 19.2. The van der Waals surface area contributed by atoms with Crippen LogP contribution in [0.1, 0.15) is 19.0 Å². The van der Waals surface area contributed by atoms with Crippen LogP contribution in [0.15, 0.2) is 47.1 Å². The van der Waals surface area contributed by atoms with Crippen molar-refractivity contribution >= 4 is 21.9 Å². The highest BCUT2D eigenvalue weighted by Gasteiger charge is 2.25. The third-order valence-electron chi connectivity index (χ3n) is 4.26. The summed E-state index contributed by atoms with van der Waals surface area (Å²) in [6.07, 6.45) is 1.93. The van der Waals surface area contributed by atoms with Crippen molar-refractivity contribution in [3.05, 3.63) is 64.5 Å².